The molecule has 0 saturated heterocycles. The lowest BCUT2D eigenvalue weighted by atomic mass is 10.0. The van der Waals surface area contributed by atoms with E-state index in [-0.39, 0.29) is 17.8 Å². The Morgan fingerprint density at radius 2 is 1.85 bits per heavy atom. The summed E-state index contributed by atoms with van der Waals surface area (Å²) in [6.45, 7) is 2.07. The quantitative estimate of drug-likeness (QED) is 0.629. The molecular weight excluding hydrogens is 343 g/mol. The minimum atomic E-state index is -1.15. The summed E-state index contributed by atoms with van der Waals surface area (Å²) in [5.74, 6) is -0.748. The molecule has 1 aliphatic rings. The maximum Gasteiger partial charge on any atom is 0.201 e. The Morgan fingerprint density at radius 1 is 1.15 bits per heavy atom. The average molecular weight is 368 g/mol. The molecule has 0 aliphatic carbocycles. The monoisotopic (exact) mass is 368 g/mol. The fourth-order valence-electron chi connectivity index (χ4n) is 3.07. The summed E-state index contributed by atoms with van der Waals surface area (Å²) in [6, 6.07) is 16.6. The SMILES string of the molecule is CC[C@H](N=C1NC(N)=NC(N)(CCc2ccccc2F)N1)c1ccccc1. The summed E-state index contributed by atoms with van der Waals surface area (Å²) in [5, 5.41) is 6.04. The number of guanidine groups is 2. The van der Waals surface area contributed by atoms with Gasteiger partial charge in [-0.1, -0.05) is 55.5 Å². The zero-order chi connectivity index (χ0) is 19.3. The molecule has 0 aromatic heterocycles. The van der Waals surface area contributed by atoms with E-state index in [1.807, 2.05) is 30.3 Å². The fraction of sp³-hybridized carbons (Fsp3) is 0.300. The van der Waals surface area contributed by atoms with Gasteiger partial charge in [-0.15, -0.1) is 0 Å². The third-order valence-electron chi connectivity index (χ3n) is 4.49. The Bertz CT molecular complexity index is 835. The third-order valence-corrected chi connectivity index (χ3v) is 4.49. The number of benzene rings is 2. The number of rotatable bonds is 6. The van der Waals surface area contributed by atoms with Crippen molar-refractivity contribution in [2.75, 3.05) is 0 Å². The van der Waals surface area contributed by atoms with Crippen LogP contribution in [0.4, 0.5) is 4.39 Å². The first-order chi connectivity index (χ1) is 13.0. The summed E-state index contributed by atoms with van der Waals surface area (Å²) in [4.78, 5) is 8.98. The van der Waals surface area contributed by atoms with E-state index in [0.29, 0.717) is 24.4 Å². The molecule has 0 fully saturated rings. The second-order valence-corrected chi connectivity index (χ2v) is 6.58. The van der Waals surface area contributed by atoms with Crippen LogP contribution in [-0.4, -0.2) is 17.7 Å². The van der Waals surface area contributed by atoms with Crippen LogP contribution in [0.1, 0.15) is 36.9 Å². The van der Waals surface area contributed by atoms with Crippen molar-refractivity contribution in [1.82, 2.24) is 10.6 Å². The molecular formula is C20H25FN6. The van der Waals surface area contributed by atoms with Gasteiger partial charge in [-0.2, -0.15) is 0 Å². The number of halogens is 1. The van der Waals surface area contributed by atoms with Crippen LogP contribution in [0, 0.1) is 5.82 Å². The molecule has 1 unspecified atom stereocenters. The fourth-order valence-corrected chi connectivity index (χ4v) is 3.07. The van der Waals surface area contributed by atoms with E-state index < -0.39 is 5.79 Å². The zero-order valence-electron chi connectivity index (χ0n) is 15.3. The van der Waals surface area contributed by atoms with Crippen molar-refractivity contribution in [2.24, 2.45) is 21.5 Å². The van der Waals surface area contributed by atoms with Gasteiger partial charge in [0.25, 0.3) is 0 Å². The molecule has 7 heteroatoms. The lowest BCUT2D eigenvalue weighted by molar-refractivity contribution is 0.366. The highest BCUT2D eigenvalue weighted by Gasteiger charge is 2.30. The molecule has 6 N–H and O–H groups in total. The van der Waals surface area contributed by atoms with Crippen molar-refractivity contribution < 1.29 is 4.39 Å². The van der Waals surface area contributed by atoms with Crippen LogP contribution >= 0.6 is 0 Å². The van der Waals surface area contributed by atoms with Crippen LogP contribution in [0.15, 0.2) is 64.6 Å². The van der Waals surface area contributed by atoms with Gasteiger partial charge in [-0.25, -0.2) is 14.4 Å². The van der Waals surface area contributed by atoms with Gasteiger partial charge in [0.05, 0.1) is 6.04 Å². The lowest BCUT2D eigenvalue weighted by Crippen LogP contribution is -2.65. The summed E-state index contributed by atoms with van der Waals surface area (Å²) in [6.07, 6.45) is 1.62. The largest absolute Gasteiger partial charge is 0.370 e. The number of aryl methyl sites for hydroxylation is 1. The molecule has 1 heterocycles. The Morgan fingerprint density at radius 3 is 2.56 bits per heavy atom. The third kappa shape index (κ3) is 4.83. The second kappa shape index (κ2) is 8.18. The Kier molecular flexibility index (Phi) is 5.71. The molecule has 2 aromatic carbocycles. The van der Waals surface area contributed by atoms with E-state index in [1.54, 1.807) is 18.2 Å². The molecule has 2 aromatic rings. The number of nitrogens with zero attached hydrogens (tertiary/aromatic N) is 2. The molecule has 1 aliphatic heterocycles. The topological polar surface area (TPSA) is 101 Å². The predicted molar refractivity (Wildman–Crippen MR) is 106 cm³/mol. The van der Waals surface area contributed by atoms with Gasteiger partial charge in [0.15, 0.2) is 11.7 Å². The number of nitrogens with two attached hydrogens (primary N) is 2. The first-order valence-electron chi connectivity index (χ1n) is 9.04. The van der Waals surface area contributed by atoms with E-state index in [4.69, 9.17) is 16.5 Å². The van der Waals surface area contributed by atoms with Gasteiger partial charge in [-0.05, 0) is 30.0 Å². The van der Waals surface area contributed by atoms with Crippen molar-refractivity contribution in [1.29, 1.82) is 0 Å². The number of hydrogen-bond acceptors (Lipinski definition) is 4. The molecule has 3 rings (SSSR count). The first-order valence-corrected chi connectivity index (χ1v) is 9.04. The van der Waals surface area contributed by atoms with Gasteiger partial charge < -0.3 is 11.1 Å². The van der Waals surface area contributed by atoms with Crippen LogP contribution in [0.25, 0.3) is 0 Å². The maximum absolute atomic E-state index is 13.9. The van der Waals surface area contributed by atoms with Crippen LogP contribution in [0.3, 0.4) is 0 Å². The summed E-state index contributed by atoms with van der Waals surface area (Å²) >= 11 is 0. The molecule has 6 nitrogen and oxygen atoms in total. The standard InChI is InChI=1S/C20H25FN6/c1-2-17(15-9-4-3-5-10-15)24-19-25-18(22)26-20(23,27-19)13-12-14-8-6-7-11-16(14)21/h3-11,17H,2,12-13,23H2,1H3,(H4,22,24,25,26,27)/t17-,20?/m0/s1. The highest BCUT2D eigenvalue weighted by molar-refractivity contribution is 6.00. The molecule has 0 radical (unpaired) electrons. The molecule has 0 spiro atoms. The van der Waals surface area contributed by atoms with Crippen molar-refractivity contribution >= 4 is 11.9 Å². The van der Waals surface area contributed by atoms with E-state index in [2.05, 4.69) is 22.5 Å². The normalized spacial score (nSPS) is 21.9. The highest BCUT2D eigenvalue weighted by atomic mass is 19.1. The summed E-state index contributed by atoms with van der Waals surface area (Å²) < 4.78 is 13.9. The second-order valence-electron chi connectivity index (χ2n) is 6.58. The van der Waals surface area contributed by atoms with Gasteiger partial charge >= 0.3 is 0 Å². The molecule has 0 bridgehead atoms. The lowest BCUT2D eigenvalue weighted by Gasteiger charge is -2.33. The Balaban J connectivity index is 1.76. The van der Waals surface area contributed by atoms with E-state index >= 15 is 0 Å². The van der Waals surface area contributed by atoms with Crippen molar-refractivity contribution in [3.8, 4) is 0 Å². The smallest absolute Gasteiger partial charge is 0.201 e. The Hall–Kier alpha value is -2.93. The molecule has 0 saturated carbocycles. The Labute approximate surface area is 158 Å². The van der Waals surface area contributed by atoms with Crippen LogP contribution < -0.4 is 22.1 Å². The van der Waals surface area contributed by atoms with E-state index in [9.17, 15) is 4.39 Å². The molecule has 27 heavy (non-hydrogen) atoms. The van der Waals surface area contributed by atoms with Gasteiger partial charge in [0.2, 0.25) is 5.96 Å². The first kappa shape index (κ1) is 18.8. The molecule has 142 valence electrons. The van der Waals surface area contributed by atoms with Crippen molar-refractivity contribution in [2.45, 2.75) is 38.0 Å². The van der Waals surface area contributed by atoms with Gasteiger partial charge in [0.1, 0.15) is 5.82 Å². The summed E-state index contributed by atoms with van der Waals surface area (Å²) in [5.41, 5.74) is 14.0. The highest BCUT2D eigenvalue weighted by Crippen LogP contribution is 2.21. The minimum absolute atomic E-state index is 0.0390. The van der Waals surface area contributed by atoms with Crippen LogP contribution in [0.5, 0.6) is 0 Å². The van der Waals surface area contributed by atoms with Crippen LogP contribution in [0.2, 0.25) is 0 Å². The van der Waals surface area contributed by atoms with Gasteiger partial charge in [-0.3, -0.25) is 11.1 Å². The minimum Gasteiger partial charge on any atom is -0.370 e. The maximum atomic E-state index is 13.9. The van der Waals surface area contributed by atoms with Gasteiger partial charge in [0, 0.05) is 6.42 Å². The number of nitrogens with one attached hydrogen (secondary N) is 2. The van der Waals surface area contributed by atoms with E-state index in [1.165, 1.54) is 6.07 Å². The van der Waals surface area contributed by atoms with E-state index in [0.717, 1.165) is 12.0 Å². The molecule has 2 atom stereocenters. The average Bonchev–Trinajstić information content (AvgIpc) is 2.65. The number of aliphatic imine (C=N–C) groups is 2. The van der Waals surface area contributed by atoms with Crippen molar-refractivity contribution in [3.63, 3.8) is 0 Å². The van der Waals surface area contributed by atoms with Crippen LogP contribution in [-0.2, 0) is 6.42 Å². The summed E-state index contributed by atoms with van der Waals surface area (Å²) in [7, 11) is 0. The predicted octanol–water partition coefficient (Wildman–Crippen LogP) is 2.39. The molecule has 0 amide bonds. The zero-order valence-corrected chi connectivity index (χ0v) is 15.3. The van der Waals surface area contributed by atoms with Crippen molar-refractivity contribution in [3.05, 3.63) is 71.5 Å². The number of hydrogen-bond donors (Lipinski definition) is 4.